The third-order valence-corrected chi connectivity index (χ3v) is 2.94. The van der Waals surface area contributed by atoms with E-state index in [0.717, 1.165) is 5.56 Å². The monoisotopic (exact) mass is 308 g/mol. The van der Waals surface area contributed by atoms with Gasteiger partial charge in [-0.15, -0.1) is 0 Å². The fourth-order valence-corrected chi connectivity index (χ4v) is 1.73. The SMILES string of the molecule is NCC(=O)NCC(NC(=O)C(N)Cc1ccccc1)C(=O)O. The predicted octanol–water partition coefficient (Wildman–Crippen LogP) is -1.80. The molecule has 1 rings (SSSR count). The van der Waals surface area contributed by atoms with Gasteiger partial charge in [0.25, 0.3) is 0 Å². The molecule has 1 aromatic rings. The average molecular weight is 308 g/mol. The van der Waals surface area contributed by atoms with Crippen molar-refractivity contribution in [3.8, 4) is 0 Å². The fourth-order valence-electron chi connectivity index (χ4n) is 1.73. The third kappa shape index (κ3) is 5.90. The minimum atomic E-state index is -1.27. The van der Waals surface area contributed by atoms with Crippen molar-refractivity contribution < 1.29 is 19.5 Å². The molecule has 2 unspecified atom stereocenters. The van der Waals surface area contributed by atoms with Gasteiger partial charge in [0, 0.05) is 6.54 Å². The molecule has 0 bridgehead atoms. The number of carboxylic acids is 1. The summed E-state index contributed by atoms with van der Waals surface area (Å²) < 4.78 is 0. The van der Waals surface area contributed by atoms with Gasteiger partial charge in [-0.1, -0.05) is 30.3 Å². The van der Waals surface area contributed by atoms with Crippen molar-refractivity contribution in [1.82, 2.24) is 10.6 Å². The number of aliphatic carboxylic acids is 1. The zero-order valence-electron chi connectivity index (χ0n) is 12.0. The lowest BCUT2D eigenvalue weighted by Gasteiger charge is -2.18. The van der Waals surface area contributed by atoms with E-state index in [1.807, 2.05) is 30.3 Å². The molecule has 0 heterocycles. The Morgan fingerprint density at radius 2 is 1.82 bits per heavy atom. The van der Waals surface area contributed by atoms with Gasteiger partial charge in [-0.3, -0.25) is 9.59 Å². The highest BCUT2D eigenvalue weighted by Gasteiger charge is 2.23. The van der Waals surface area contributed by atoms with E-state index in [0.29, 0.717) is 0 Å². The van der Waals surface area contributed by atoms with Crippen LogP contribution in [0.3, 0.4) is 0 Å². The molecule has 2 amide bonds. The number of carboxylic acid groups (broad SMARTS) is 1. The van der Waals surface area contributed by atoms with Gasteiger partial charge in [-0.25, -0.2) is 4.79 Å². The Labute approximate surface area is 127 Å². The molecule has 0 aliphatic rings. The summed E-state index contributed by atoms with van der Waals surface area (Å²) in [4.78, 5) is 34.1. The number of nitrogens with one attached hydrogen (secondary N) is 2. The Hall–Kier alpha value is -2.45. The van der Waals surface area contributed by atoms with Crippen LogP contribution in [0.1, 0.15) is 5.56 Å². The minimum Gasteiger partial charge on any atom is -0.480 e. The maximum absolute atomic E-state index is 11.9. The van der Waals surface area contributed by atoms with E-state index in [4.69, 9.17) is 16.6 Å². The highest BCUT2D eigenvalue weighted by molar-refractivity contribution is 5.87. The van der Waals surface area contributed by atoms with Crippen LogP contribution >= 0.6 is 0 Å². The highest BCUT2D eigenvalue weighted by Crippen LogP contribution is 2.02. The number of benzene rings is 1. The first kappa shape index (κ1) is 17.6. The van der Waals surface area contributed by atoms with E-state index in [9.17, 15) is 14.4 Å². The van der Waals surface area contributed by atoms with Gasteiger partial charge in [-0.05, 0) is 12.0 Å². The number of carbonyl (C=O) groups is 3. The lowest BCUT2D eigenvalue weighted by Crippen LogP contribution is -2.53. The standard InChI is InChI=1S/C14H20N4O4/c15-7-12(19)17-8-11(14(21)22)18-13(20)10(16)6-9-4-2-1-3-5-9/h1-5,10-11H,6-8,15-16H2,(H,17,19)(H,18,20)(H,21,22). The summed E-state index contributed by atoms with van der Waals surface area (Å²) in [6, 6.07) is 6.99. The summed E-state index contributed by atoms with van der Waals surface area (Å²) in [5.41, 5.74) is 11.7. The second-order valence-corrected chi connectivity index (χ2v) is 4.70. The van der Waals surface area contributed by atoms with Crippen LogP contribution in [0, 0.1) is 0 Å². The van der Waals surface area contributed by atoms with Crippen LogP contribution in [-0.4, -0.2) is 48.1 Å². The summed E-state index contributed by atoms with van der Waals surface area (Å²) in [7, 11) is 0. The largest absolute Gasteiger partial charge is 0.480 e. The molecule has 0 aliphatic carbocycles. The Kier molecular flexibility index (Phi) is 7.00. The lowest BCUT2D eigenvalue weighted by molar-refractivity contribution is -0.142. The molecule has 120 valence electrons. The summed E-state index contributed by atoms with van der Waals surface area (Å²) >= 11 is 0. The molecular formula is C14H20N4O4. The van der Waals surface area contributed by atoms with E-state index in [1.165, 1.54) is 0 Å². The second kappa shape index (κ2) is 8.75. The zero-order valence-corrected chi connectivity index (χ0v) is 12.0. The molecule has 0 saturated carbocycles. The van der Waals surface area contributed by atoms with Gasteiger partial charge in [0.05, 0.1) is 12.6 Å². The van der Waals surface area contributed by atoms with Crippen molar-refractivity contribution in [2.45, 2.75) is 18.5 Å². The van der Waals surface area contributed by atoms with Gasteiger partial charge < -0.3 is 27.2 Å². The van der Waals surface area contributed by atoms with Gasteiger partial charge in [0.1, 0.15) is 6.04 Å². The number of nitrogens with two attached hydrogens (primary N) is 2. The Morgan fingerprint density at radius 1 is 1.18 bits per heavy atom. The number of amides is 2. The normalized spacial score (nSPS) is 13.0. The van der Waals surface area contributed by atoms with Crippen molar-refractivity contribution in [3.63, 3.8) is 0 Å². The molecule has 0 aromatic heterocycles. The summed E-state index contributed by atoms with van der Waals surface area (Å²) in [6.45, 7) is -0.511. The molecule has 7 N–H and O–H groups in total. The van der Waals surface area contributed by atoms with E-state index in [-0.39, 0.29) is 19.5 Å². The third-order valence-electron chi connectivity index (χ3n) is 2.94. The summed E-state index contributed by atoms with van der Waals surface area (Å²) in [5.74, 6) is -2.37. The van der Waals surface area contributed by atoms with Crippen molar-refractivity contribution in [2.75, 3.05) is 13.1 Å². The summed E-state index contributed by atoms with van der Waals surface area (Å²) in [5, 5.41) is 13.6. The smallest absolute Gasteiger partial charge is 0.328 e. The first-order valence-corrected chi connectivity index (χ1v) is 6.73. The molecule has 0 aliphatic heterocycles. The van der Waals surface area contributed by atoms with Gasteiger partial charge in [0.2, 0.25) is 11.8 Å². The molecule has 8 nitrogen and oxygen atoms in total. The van der Waals surface area contributed by atoms with Crippen LogP contribution in [0.4, 0.5) is 0 Å². The molecule has 8 heteroatoms. The number of hydrogen-bond donors (Lipinski definition) is 5. The lowest BCUT2D eigenvalue weighted by atomic mass is 10.1. The molecule has 2 atom stereocenters. The number of hydrogen-bond acceptors (Lipinski definition) is 5. The van der Waals surface area contributed by atoms with Gasteiger partial charge >= 0.3 is 5.97 Å². The van der Waals surface area contributed by atoms with Crippen LogP contribution in [0.15, 0.2) is 30.3 Å². The van der Waals surface area contributed by atoms with Crippen LogP contribution in [-0.2, 0) is 20.8 Å². The first-order chi connectivity index (χ1) is 10.4. The summed E-state index contributed by atoms with van der Waals surface area (Å²) in [6.07, 6.45) is 0.286. The molecule has 0 saturated heterocycles. The molecule has 0 radical (unpaired) electrons. The zero-order chi connectivity index (χ0) is 16.5. The fraction of sp³-hybridized carbons (Fsp3) is 0.357. The molecule has 0 spiro atoms. The second-order valence-electron chi connectivity index (χ2n) is 4.70. The molecular weight excluding hydrogens is 288 g/mol. The van der Waals surface area contributed by atoms with Crippen molar-refractivity contribution >= 4 is 17.8 Å². The van der Waals surface area contributed by atoms with Crippen molar-refractivity contribution in [2.24, 2.45) is 11.5 Å². The van der Waals surface area contributed by atoms with Crippen LogP contribution in [0.5, 0.6) is 0 Å². The van der Waals surface area contributed by atoms with E-state index < -0.39 is 29.9 Å². The van der Waals surface area contributed by atoms with Crippen LogP contribution in [0.25, 0.3) is 0 Å². The number of rotatable bonds is 8. The van der Waals surface area contributed by atoms with Gasteiger partial charge in [-0.2, -0.15) is 0 Å². The Balaban J connectivity index is 2.55. The van der Waals surface area contributed by atoms with Crippen molar-refractivity contribution in [3.05, 3.63) is 35.9 Å². The van der Waals surface area contributed by atoms with Crippen LogP contribution < -0.4 is 22.1 Å². The molecule has 1 aromatic carbocycles. The van der Waals surface area contributed by atoms with E-state index in [2.05, 4.69) is 10.6 Å². The number of carbonyl (C=O) groups excluding carboxylic acids is 2. The maximum atomic E-state index is 11.9. The highest BCUT2D eigenvalue weighted by atomic mass is 16.4. The van der Waals surface area contributed by atoms with Crippen molar-refractivity contribution in [1.29, 1.82) is 0 Å². The maximum Gasteiger partial charge on any atom is 0.328 e. The molecule has 0 fully saturated rings. The van der Waals surface area contributed by atoms with E-state index in [1.54, 1.807) is 0 Å². The first-order valence-electron chi connectivity index (χ1n) is 6.73. The van der Waals surface area contributed by atoms with Crippen LogP contribution in [0.2, 0.25) is 0 Å². The predicted molar refractivity (Wildman–Crippen MR) is 79.8 cm³/mol. The topological polar surface area (TPSA) is 148 Å². The minimum absolute atomic E-state index is 0.255. The Bertz CT molecular complexity index is 521. The Morgan fingerprint density at radius 3 is 2.36 bits per heavy atom. The van der Waals surface area contributed by atoms with Gasteiger partial charge in [0.15, 0.2) is 0 Å². The van der Waals surface area contributed by atoms with E-state index >= 15 is 0 Å². The quantitative estimate of drug-likeness (QED) is 0.383. The molecule has 22 heavy (non-hydrogen) atoms. The average Bonchev–Trinajstić information content (AvgIpc) is 2.51.